The van der Waals surface area contributed by atoms with Gasteiger partial charge in [0.1, 0.15) is 5.75 Å². The van der Waals surface area contributed by atoms with Crippen molar-refractivity contribution in [3.8, 4) is 5.75 Å². The lowest BCUT2D eigenvalue weighted by Crippen LogP contribution is -2.34. The molecule has 21 heavy (non-hydrogen) atoms. The number of anilines is 1. The molecule has 0 unspecified atom stereocenters. The highest BCUT2D eigenvalue weighted by molar-refractivity contribution is 6.36. The van der Waals surface area contributed by atoms with E-state index in [2.05, 4.69) is 17.4 Å². The summed E-state index contributed by atoms with van der Waals surface area (Å²) in [4.78, 5) is 0. The minimum Gasteiger partial charge on any atom is -0.496 e. The summed E-state index contributed by atoms with van der Waals surface area (Å²) in [6.45, 7) is 0. The number of benzene rings is 2. The van der Waals surface area contributed by atoms with E-state index in [0.717, 1.165) is 24.3 Å². The molecule has 2 nitrogen and oxygen atoms in total. The Bertz CT molecular complexity index is 638. The summed E-state index contributed by atoms with van der Waals surface area (Å²) < 4.78 is 5.43. The van der Waals surface area contributed by atoms with Crippen LogP contribution in [-0.4, -0.2) is 13.2 Å². The molecule has 110 valence electrons. The maximum Gasteiger partial charge on any atom is 0.122 e. The fraction of sp³-hybridized carbons (Fsp3) is 0.294. The summed E-state index contributed by atoms with van der Waals surface area (Å²) in [6, 6.07) is 14.2. The van der Waals surface area contributed by atoms with Gasteiger partial charge in [-0.25, -0.2) is 0 Å². The van der Waals surface area contributed by atoms with E-state index in [1.165, 1.54) is 5.56 Å². The zero-order chi connectivity index (χ0) is 14.8. The molecule has 0 aliphatic heterocycles. The van der Waals surface area contributed by atoms with E-state index < -0.39 is 0 Å². The minimum absolute atomic E-state index is 0.443. The molecule has 1 N–H and O–H groups in total. The Balaban J connectivity index is 1.63. The fourth-order valence-electron chi connectivity index (χ4n) is 2.82. The molecule has 1 aliphatic rings. The van der Waals surface area contributed by atoms with Crippen LogP contribution in [-0.2, 0) is 0 Å². The first kappa shape index (κ1) is 14.6. The number of rotatable bonds is 4. The van der Waals surface area contributed by atoms with Crippen molar-refractivity contribution in [3.05, 3.63) is 58.1 Å². The van der Waals surface area contributed by atoms with Gasteiger partial charge in [-0.2, -0.15) is 0 Å². The summed E-state index contributed by atoms with van der Waals surface area (Å²) >= 11 is 12.1. The molecule has 0 heterocycles. The number of hydrogen-bond donors (Lipinski definition) is 1. The largest absolute Gasteiger partial charge is 0.496 e. The van der Waals surface area contributed by atoms with Crippen LogP contribution in [0, 0.1) is 0 Å². The first-order valence-electron chi connectivity index (χ1n) is 7.02. The number of nitrogens with one attached hydrogen (secondary N) is 1. The van der Waals surface area contributed by atoms with Crippen LogP contribution in [0.15, 0.2) is 42.5 Å². The SMILES string of the molecule is COc1ccccc1C1CC(Nc2ccc(Cl)cc2Cl)C1. The van der Waals surface area contributed by atoms with Gasteiger partial charge in [0.15, 0.2) is 0 Å². The molecule has 0 amide bonds. The third-order valence-electron chi connectivity index (χ3n) is 4.01. The monoisotopic (exact) mass is 321 g/mol. The molecule has 1 fully saturated rings. The number of hydrogen-bond acceptors (Lipinski definition) is 2. The minimum atomic E-state index is 0.443. The number of methoxy groups -OCH3 is 1. The van der Waals surface area contributed by atoms with Gasteiger partial charge in [0, 0.05) is 11.1 Å². The summed E-state index contributed by atoms with van der Waals surface area (Å²) in [6.07, 6.45) is 2.17. The van der Waals surface area contributed by atoms with Crippen LogP contribution >= 0.6 is 23.2 Å². The smallest absolute Gasteiger partial charge is 0.122 e. The van der Waals surface area contributed by atoms with Crippen LogP contribution in [0.5, 0.6) is 5.75 Å². The Morgan fingerprint density at radius 2 is 1.86 bits per heavy atom. The van der Waals surface area contributed by atoms with Gasteiger partial charge in [0.2, 0.25) is 0 Å². The predicted molar refractivity (Wildman–Crippen MR) is 88.8 cm³/mol. The Labute approximate surface area is 135 Å². The van der Waals surface area contributed by atoms with Crippen LogP contribution in [0.1, 0.15) is 24.3 Å². The summed E-state index contributed by atoms with van der Waals surface area (Å²) in [5.74, 6) is 1.52. The second-order valence-electron chi connectivity index (χ2n) is 5.38. The maximum absolute atomic E-state index is 6.19. The van der Waals surface area contributed by atoms with Gasteiger partial charge in [-0.05, 0) is 48.6 Å². The van der Waals surface area contributed by atoms with Crippen LogP contribution in [0.4, 0.5) is 5.69 Å². The molecule has 0 aromatic heterocycles. The van der Waals surface area contributed by atoms with Crippen molar-refractivity contribution < 1.29 is 4.74 Å². The van der Waals surface area contributed by atoms with E-state index in [1.807, 2.05) is 24.3 Å². The molecule has 0 saturated heterocycles. The lowest BCUT2D eigenvalue weighted by Gasteiger charge is -2.37. The van der Waals surface area contributed by atoms with E-state index in [-0.39, 0.29) is 0 Å². The molecule has 2 aromatic carbocycles. The maximum atomic E-state index is 6.19. The van der Waals surface area contributed by atoms with Crippen molar-refractivity contribution in [1.82, 2.24) is 0 Å². The molecule has 0 spiro atoms. The van der Waals surface area contributed by atoms with Gasteiger partial charge >= 0.3 is 0 Å². The normalized spacial score (nSPS) is 20.7. The summed E-state index contributed by atoms with van der Waals surface area (Å²) in [7, 11) is 1.72. The standard InChI is InChI=1S/C17H17Cl2NO/c1-21-17-5-3-2-4-14(17)11-8-13(9-11)20-16-7-6-12(18)10-15(16)19/h2-7,10-11,13,20H,8-9H2,1H3. The van der Waals surface area contributed by atoms with Crippen LogP contribution in [0.25, 0.3) is 0 Å². The van der Waals surface area contributed by atoms with Crippen molar-refractivity contribution in [2.45, 2.75) is 24.8 Å². The highest BCUT2D eigenvalue weighted by Crippen LogP contribution is 2.42. The lowest BCUT2D eigenvalue weighted by atomic mass is 9.75. The van der Waals surface area contributed by atoms with Gasteiger partial charge in [0.05, 0.1) is 17.8 Å². The predicted octanol–water partition coefficient (Wildman–Crippen LogP) is 5.36. The van der Waals surface area contributed by atoms with Crippen molar-refractivity contribution >= 4 is 28.9 Å². The highest BCUT2D eigenvalue weighted by atomic mass is 35.5. The van der Waals surface area contributed by atoms with Crippen molar-refractivity contribution in [2.75, 3.05) is 12.4 Å². The second kappa shape index (κ2) is 6.17. The van der Waals surface area contributed by atoms with Gasteiger partial charge in [-0.3, -0.25) is 0 Å². The van der Waals surface area contributed by atoms with Crippen molar-refractivity contribution in [2.24, 2.45) is 0 Å². The Morgan fingerprint density at radius 1 is 1.10 bits per heavy atom. The van der Waals surface area contributed by atoms with E-state index in [9.17, 15) is 0 Å². The number of ether oxygens (including phenoxy) is 1. The topological polar surface area (TPSA) is 21.3 Å². The van der Waals surface area contributed by atoms with Crippen molar-refractivity contribution in [1.29, 1.82) is 0 Å². The quantitative estimate of drug-likeness (QED) is 0.818. The molecule has 3 rings (SSSR count). The van der Waals surface area contributed by atoms with E-state index in [1.54, 1.807) is 13.2 Å². The summed E-state index contributed by atoms with van der Waals surface area (Å²) in [5, 5.41) is 4.81. The average molecular weight is 322 g/mol. The van der Waals surface area contributed by atoms with Gasteiger partial charge in [-0.15, -0.1) is 0 Å². The molecule has 1 saturated carbocycles. The number of halogens is 2. The van der Waals surface area contributed by atoms with Crippen molar-refractivity contribution in [3.63, 3.8) is 0 Å². The first-order chi connectivity index (χ1) is 10.2. The average Bonchev–Trinajstić information content (AvgIpc) is 2.44. The lowest BCUT2D eigenvalue weighted by molar-refractivity contribution is 0.350. The molecule has 2 aromatic rings. The van der Waals surface area contributed by atoms with Crippen LogP contribution in [0.2, 0.25) is 10.0 Å². The summed E-state index contributed by atoms with van der Waals surface area (Å²) in [5.41, 5.74) is 2.24. The third kappa shape index (κ3) is 3.12. The molecular weight excluding hydrogens is 305 g/mol. The third-order valence-corrected chi connectivity index (χ3v) is 4.56. The van der Waals surface area contributed by atoms with E-state index in [0.29, 0.717) is 22.0 Å². The molecule has 0 atom stereocenters. The van der Waals surface area contributed by atoms with E-state index >= 15 is 0 Å². The van der Waals surface area contributed by atoms with E-state index in [4.69, 9.17) is 27.9 Å². The zero-order valence-electron chi connectivity index (χ0n) is 11.8. The van der Waals surface area contributed by atoms with Crippen LogP contribution in [0.3, 0.4) is 0 Å². The molecule has 0 radical (unpaired) electrons. The molecular formula is C17H17Cl2NO. The highest BCUT2D eigenvalue weighted by Gasteiger charge is 2.32. The fourth-order valence-corrected chi connectivity index (χ4v) is 3.28. The van der Waals surface area contributed by atoms with Gasteiger partial charge < -0.3 is 10.1 Å². The van der Waals surface area contributed by atoms with Crippen LogP contribution < -0.4 is 10.1 Å². The zero-order valence-corrected chi connectivity index (χ0v) is 13.3. The number of para-hydroxylation sites is 1. The van der Waals surface area contributed by atoms with Gasteiger partial charge in [-0.1, -0.05) is 41.4 Å². The Kier molecular flexibility index (Phi) is 4.27. The second-order valence-corrected chi connectivity index (χ2v) is 6.22. The molecule has 1 aliphatic carbocycles. The van der Waals surface area contributed by atoms with Gasteiger partial charge in [0.25, 0.3) is 0 Å². The first-order valence-corrected chi connectivity index (χ1v) is 7.77. The molecule has 4 heteroatoms. The molecule has 0 bridgehead atoms. The Hall–Kier alpha value is -1.38. The Morgan fingerprint density at radius 3 is 2.57 bits per heavy atom.